The van der Waals surface area contributed by atoms with Crippen molar-refractivity contribution in [2.45, 2.75) is 51.4 Å². The third-order valence-corrected chi connectivity index (χ3v) is 5.21. The predicted octanol–water partition coefficient (Wildman–Crippen LogP) is 4.46. The van der Waals surface area contributed by atoms with Crippen molar-refractivity contribution in [2.75, 3.05) is 0 Å². The molecule has 1 saturated carbocycles. The van der Waals surface area contributed by atoms with Gasteiger partial charge in [-0.3, -0.25) is 14.6 Å². The topological polar surface area (TPSA) is 92.8 Å². The lowest BCUT2D eigenvalue weighted by atomic mass is 9.88. The van der Waals surface area contributed by atoms with Gasteiger partial charge in [0.1, 0.15) is 11.5 Å². The number of aromatic nitrogens is 1. The molecule has 0 atom stereocenters. The molecule has 1 fully saturated rings. The van der Waals surface area contributed by atoms with Crippen molar-refractivity contribution in [1.82, 2.24) is 5.16 Å². The number of aliphatic hydroxyl groups excluding tert-OH is 1. The van der Waals surface area contributed by atoms with Crippen molar-refractivity contribution in [3.63, 3.8) is 0 Å². The van der Waals surface area contributed by atoms with Crippen LogP contribution in [0.15, 0.2) is 51.2 Å². The Kier molecular flexibility index (Phi) is 5.19. The molecule has 1 N–H and O–H groups in total. The number of aliphatic imine (C=N–C) groups is 1. The van der Waals surface area contributed by atoms with Gasteiger partial charge in [-0.15, -0.1) is 0 Å². The monoisotopic (exact) mass is 378 g/mol. The van der Waals surface area contributed by atoms with E-state index < -0.39 is 0 Å². The van der Waals surface area contributed by atoms with E-state index >= 15 is 0 Å². The van der Waals surface area contributed by atoms with E-state index in [2.05, 4.69) is 10.1 Å². The summed E-state index contributed by atoms with van der Waals surface area (Å²) in [5.41, 5.74) is 2.83. The Morgan fingerprint density at radius 3 is 2.61 bits per heavy atom. The van der Waals surface area contributed by atoms with Gasteiger partial charge in [0, 0.05) is 32.1 Å². The lowest BCUT2D eigenvalue weighted by Gasteiger charge is -2.18. The van der Waals surface area contributed by atoms with E-state index in [4.69, 9.17) is 4.52 Å². The average Bonchev–Trinajstić information content (AvgIpc) is 3.12. The fourth-order valence-electron chi connectivity index (χ4n) is 3.84. The first kappa shape index (κ1) is 18.3. The summed E-state index contributed by atoms with van der Waals surface area (Å²) >= 11 is 0. The van der Waals surface area contributed by atoms with Crippen LogP contribution in [0.25, 0.3) is 0 Å². The van der Waals surface area contributed by atoms with Crippen molar-refractivity contribution in [3.8, 4) is 0 Å². The van der Waals surface area contributed by atoms with Crippen LogP contribution in [0.2, 0.25) is 0 Å². The number of nitrogens with zero attached hydrogens (tertiary/aromatic N) is 2. The molecular weight excluding hydrogens is 356 g/mol. The number of hydrogen-bond donors (Lipinski definition) is 1. The van der Waals surface area contributed by atoms with Gasteiger partial charge in [-0.2, -0.15) is 0 Å². The minimum atomic E-state index is -0.0864. The lowest BCUT2D eigenvalue weighted by molar-refractivity contribution is -0.115. The molecule has 0 saturated heterocycles. The van der Waals surface area contributed by atoms with Crippen LogP contribution in [0.1, 0.15) is 60.3 Å². The highest BCUT2D eigenvalue weighted by Gasteiger charge is 2.28. The number of Topliss-reactive ketones (excluding diaryl/α,β-unsaturated/α-hetero) is 2. The molecule has 0 spiro atoms. The number of aliphatic hydroxyl groups is 1. The zero-order valence-electron chi connectivity index (χ0n) is 15.6. The van der Waals surface area contributed by atoms with Gasteiger partial charge < -0.3 is 9.63 Å². The first-order valence-corrected chi connectivity index (χ1v) is 9.72. The van der Waals surface area contributed by atoms with Crippen LogP contribution >= 0.6 is 0 Å². The smallest absolute Gasteiger partial charge is 0.168 e. The van der Waals surface area contributed by atoms with Gasteiger partial charge >= 0.3 is 0 Å². The highest BCUT2D eigenvalue weighted by atomic mass is 16.5. The molecule has 0 aliphatic heterocycles. The summed E-state index contributed by atoms with van der Waals surface area (Å²) in [5, 5.41) is 14.7. The Morgan fingerprint density at radius 1 is 1.04 bits per heavy atom. The second kappa shape index (κ2) is 7.92. The summed E-state index contributed by atoms with van der Waals surface area (Å²) in [5.74, 6) is 0.610. The fourth-order valence-corrected chi connectivity index (χ4v) is 3.84. The maximum atomic E-state index is 12.5. The lowest BCUT2D eigenvalue weighted by Crippen LogP contribution is -2.21. The van der Waals surface area contributed by atoms with Gasteiger partial charge in [-0.05, 0) is 31.4 Å². The second-order valence-electron chi connectivity index (χ2n) is 7.20. The van der Waals surface area contributed by atoms with Crippen molar-refractivity contribution < 1.29 is 19.2 Å². The third-order valence-electron chi connectivity index (χ3n) is 5.21. The molecule has 6 nitrogen and oxygen atoms in total. The molecule has 2 aliphatic rings. The summed E-state index contributed by atoms with van der Waals surface area (Å²) in [7, 11) is 0. The summed E-state index contributed by atoms with van der Waals surface area (Å²) in [6.45, 7) is 0. The standard InChI is InChI=1S/C22H22N2O4/c25-17-9-4-8-15(23-14-6-2-1-3-7-14)21(17)19(27)13-12-16-22-18(26)10-5-11-20(22)28-24-16/h1-3,6-7,27H,4-5,8-13H2/b21-19+,23-15?. The van der Waals surface area contributed by atoms with E-state index in [-0.39, 0.29) is 23.7 Å². The van der Waals surface area contributed by atoms with Gasteiger partial charge in [0.15, 0.2) is 11.6 Å². The number of benzene rings is 1. The quantitative estimate of drug-likeness (QED) is 0.626. The first-order chi connectivity index (χ1) is 13.6. The zero-order valence-corrected chi connectivity index (χ0v) is 15.6. The Morgan fingerprint density at radius 2 is 1.79 bits per heavy atom. The Labute approximate surface area is 163 Å². The van der Waals surface area contributed by atoms with Crippen molar-refractivity contribution in [3.05, 3.63) is 58.7 Å². The van der Waals surface area contributed by atoms with E-state index in [1.807, 2.05) is 30.3 Å². The molecule has 144 valence electrons. The number of aryl methyl sites for hydroxylation is 2. The van der Waals surface area contributed by atoms with Crippen molar-refractivity contribution in [1.29, 1.82) is 0 Å². The molecule has 1 aromatic carbocycles. The second-order valence-corrected chi connectivity index (χ2v) is 7.20. The molecule has 0 unspecified atom stereocenters. The van der Waals surface area contributed by atoms with E-state index in [0.29, 0.717) is 60.4 Å². The molecule has 2 aliphatic carbocycles. The van der Waals surface area contributed by atoms with Crippen LogP contribution in [-0.4, -0.2) is 27.5 Å². The third kappa shape index (κ3) is 3.67. The molecule has 2 aromatic rings. The number of fused-ring (bicyclic) bond motifs is 1. The van der Waals surface area contributed by atoms with Crippen LogP contribution in [-0.2, 0) is 17.6 Å². The van der Waals surface area contributed by atoms with Crippen LogP contribution in [0, 0.1) is 0 Å². The Balaban J connectivity index is 1.59. The van der Waals surface area contributed by atoms with E-state index in [0.717, 1.165) is 18.5 Å². The number of ketones is 2. The number of hydrogen-bond acceptors (Lipinski definition) is 6. The largest absolute Gasteiger partial charge is 0.511 e. The van der Waals surface area contributed by atoms with E-state index in [1.54, 1.807) is 0 Å². The van der Waals surface area contributed by atoms with Gasteiger partial charge in [0.05, 0.1) is 28.2 Å². The molecule has 0 radical (unpaired) electrons. The average molecular weight is 378 g/mol. The maximum Gasteiger partial charge on any atom is 0.168 e. The minimum Gasteiger partial charge on any atom is -0.511 e. The molecule has 1 aromatic heterocycles. The van der Waals surface area contributed by atoms with E-state index in [9.17, 15) is 14.7 Å². The Hall–Kier alpha value is -3.02. The maximum absolute atomic E-state index is 12.5. The molecule has 0 amide bonds. The van der Waals surface area contributed by atoms with Crippen molar-refractivity contribution in [2.24, 2.45) is 4.99 Å². The molecule has 1 heterocycles. The Bertz CT molecular complexity index is 970. The summed E-state index contributed by atoms with van der Waals surface area (Å²) < 4.78 is 5.30. The molecule has 6 heteroatoms. The van der Waals surface area contributed by atoms with Gasteiger partial charge in [0.25, 0.3) is 0 Å². The summed E-state index contributed by atoms with van der Waals surface area (Å²) in [4.78, 5) is 29.3. The van der Waals surface area contributed by atoms with Crippen molar-refractivity contribution >= 4 is 23.0 Å². The van der Waals surface area contributed by atoms with Gasteiger partial charge in [-0.1, -0.05) is 23.4 Å². The number of carbonyl (C=O) groups is 2. The molecule has 0 bridgehead atoms. The molecular formula is C22H22N2O4. The minimum absolute atomic E-state index is 0.0133. The van der Waals surface area contributed by atoms with Crippen LogP contribution in [0.4, 0.5) is 5.69 Å². The SMILES string of the molecule is O=C1CCCC(=Nc2ccccc2)/C1=C(\O)CCc1noc2c1C(=O)CCC2. The zero-order chi connectivity index (χ0) is 19.5. The fraction of sp³-hybridized carbons (Fsp3) is 0.364. The van der Waals surface area contributed by atoms with Crippen LogP contribution in [0.3, 0.4) is 0 Å². The van der Waals surface area contributed by atoms with Gasteiger partial charge in [0.2, 0.25) is 0 Å². The van der Waals surface area contributed by atoms with Crippen LogP contribution in [0.5, 0.6) is 0 Å². The number of rotatable bonds is 4. The number of carbonyl (C=O) groups excluding carboxylic acids is 2. The molecule has 4 rings (SSSR count). The number of para-hydroxylation sites is 1. The normalized spacial score (nSPS) is 20.4. The first-order valence-electron chi connectivity index (χ1n) is 9.72. The number of allylic oxidation sites excluding steroid dienone is 2. The highest BCUT2D eigenvalue weighted by Crippen LogP contribution is 2.28. The highest BCUT2D eigenvalue weighted by molar-refractivity contribution is 6.24. The van der Waals surface area contributed by atoms with Crippen LogP contribution < -0.4 is 0 Å². The van der Waals surface area contributed by atoms with E-state index in [1.165, 1.54) is 0 Å². The molecule has 28 heavy (non-hydrogen) atoms. The van der Waals surface area contributed by atoms with Gasteiger partial charge in [-0.25, -0.2) is 0 Å². The summed E-state index contributed by atoms with van der Waals surface area (Å²) in [6, 6.07) is 9.42. The predicted molar refractivity (Wildman–Crippen MR) is 104 cm³/mol. The summed E-state index contributed by atoms with van der Waals surface area (Å²) in [6.07, 6.45) is 4.36.